The van der Waals surface area contributed by atoms with Crippen molar-refractivity contribution in [2.24, 2.45) is 0 Å². The maximum absolute atomic E-state index is 12.0. The van der Waals surface area contributed by atoms with E-state index in [1.54, 1.807) is 60.7 Å². The van der Waals surface area contributed by atoms with E-state index < -0.39 is 0 Å². The third kappa shape index (κ3) is 7.29. The first-order chi connectivity index (χ1) is 18.4. The summed E-state index contributed by atoms with van der Waals surface area (Å²) in [6.45, 7) is 0. The minimum atomic E-state index is -0.0698. The highest BCUT2D eigenvalue weighted by atomic mass is 16.5. The Bertz CT molecular complexity index is 1440. The summed E-state index contributed by atoms with van der Waals surface area (Å²) < 4.78 is 11.6. The molecule has 0 fully saturated rings. The molecule has 0 aliphatic heterocycles. The van der Waals surface area contributed by atoms with E-state index >= 15 is 0 Å². The van der Waals surface area contributed by atoms with Gasteiger partial charge in [0.25, 0.3) is 0 Å². The van der Waals surface area contributed by atoms with Gasteiger partial charge in [-0.2, -0.15) is 0 Å². The van der Waals surface area contributed by atoms with E-state index in [0.717, 1.165) is 0 Å². The van der Waals surface area contributed by atoms with Crippen LogP contribution >= 0.6 is 0 Å². The molecular formula is C31H28N4O3. The molecule has 0 heterocycles. The molecule has 0 saturated heterocycles. The molecule has 0 amide bonds. The molecule has 0 aliphatic carbocycles. The van der Waals surface area contributed by atoms with Gasteiger partial charge < -0.3 is 32.4 Å². The van der Waals surface area contributed by atoms with Gasteiger partial charge in [-0.05, 0) is 60.7 Å². The van der Waals surface area contributed by atoms with Crippen LogP contribution in [0.5, 0.6) is 23.0 Å². The summed E-state index contributed by atoms with van der Waals surface area (Å²) in [7, 11) is 0. The molecule has 8 N–H and O–H groups in total. The molecule has 0 radical (unpaired) electrons. The van der Waals surface area contributed by atoms with Crippen molar-refractivity contribution in [3.05, 3.63) is 132 Å². The third-order valence-corrected chi connectivity index (χ3v) is 5.29. The van der Waals surface area contributed by atoms with Gasteiger partial charge in [0.15, 0.2) is 5.78 Å². The first-order valence-electron chi connectivity index (χ1n) is 11.8. The van der Waals surface area contributed by atoms with Crippen LogP contribution in [0.4, 0.5) is 22.7 Å². The fourth-order valence-corrected chi connectivity index (χ4v) is 3.56. The summed E-state index contributed by atoms with van der Waals surface area (Å²) in [5.41, 5.74) is 26.4. The van der Waals surface area contributed by atoms with E-state index in [-0.39, 0.29) is 5.78 Å². The second-order valence-corrected chi connectivity index (χ2v) is 8.40. The Balaban J connectivity index is 0.000000186. The van der Waals surface area contributed by atoms with Gasteiger partial charge in [-0.3, -0.25) is 4.79 Å². The van der Waals surface area contributed by atoms with Crippen LogP contribution < -0.4 is 32.4 Å². The zero-order valence-corrected chi connectivity index (χ0v) is 20.6. The normalized spacial score (nSPS) is 10.1. The molecule has 0 saturated carbocycles. The lowest BCUT2D eigenvalue weighted by Crippen LogP contribution is -2.02. The number of ketones is 1. The van der Waals surface area contributed by atoms with E-state index in [2.05, 4.69) is 0 Å². The predicted molar refractivity (Wildman–Crippen MR) is 153 cm³/mol. The number of carbonyl (C=O) groups excluding carboxylic acids is 1. The van der Waals surface area contributed by atoms with E-state index in [0.29, 0.717) is 56.9 Å². The Hall–Kier alpha value is -5.43. The molecule has 38 heavy (non-hydrogen) atoms. The number of benzene rings is 5. The van der Waals surface area contributed by atoms with Crippen molar-refractivity contribution in [3.63, 3.8) is 0 Å². The lowest BCUT2D eigenvalue weighted by molar-refractivity contribution is 0.103. The SMILES string of the molecule is Nc1cccc(C(=O)c2cccc(N)c2)c1.Nc1cccc(Oc2cccc(Oc3cccc(N)c3)c2)c1. The van der Waals surface area contributed by atoms with Crippen LogP contribution in [-0.4, -0.2) is 5.78 Å². The van der Waals surface area contributed by atoms with E-state index in [1.165, 1.54) is 0 Å². The van der Waals surface area contributed by atoms with Crippen molar-refractivity contribution in [3.8, 4) is 23.0 Å². The van der Waals surface area contributed by atoms with Gasteiger partial charge in [0, 0.05) is 52.1 Å². The third-order valence-electron chi connectivity index (χ3n) is 5.29. The summed E-state index contributed by atoms with van der Waals surface area (Å²) in [4.78, 5) is 12.0. The summed E-state index contributed by atoms with van der Waals surface area (Å²) >= 11 is 0. The number of nitrogens with two attached hydrogens (primary N) is 4. The van der Waals surface area contributed by atoms with Gasteiger partial charge in [-0.25, -0.2) is 0 Å². The Morgan fingerprint density at radius 3 is 1.11 bits per heavy atom. The van der Waals surface area contributed by atoms with Gasteiger partial charge in [-0.1, -0.05) is 42.5 Å². The quantitative estimate of drug-likeness (QED) is 0.152. The molecule has 0 atom stereocenters. The molecule has 7 heteroatoms. The van der Waals surface area contributed by atoms with E-state index in [1.807, 2.05) is 60.7 Å². The van der Waals surface area contributed by atoms with Crippen molar-refractivity contribution < 1.29 is 14.3 Å². The van der Waals surface area contributed by atoms with Crippen molar-refractivity contribution in [2.45, 2.75) is 0 Å². The number of hydrogen-bond donors (Lipinski definition) is 4. The summed E-state index contributed by atoms with van der Waals surface area (Å²) in [5.74, 6) is 2.64. The van der Waals surface area contributed by atoms with Crippen LogP contribution in [-0.2, 0) is 0 Å². The zero-order chi connectivity index (χ0) is 26.9. The van der Waals surface area contributed by atoms with Gasteiger partial charge in [0.1, 0.15) is 23.0 Å². The van der Waals surface area contributed by atoms with Crippen LogP contribution in [0.15, 0.2) is 121 Å². The molecule has 0 bridgehead atoms. The average molecular weight is 505 g/mol. The van der Waals surface area contributed by atoms with E-state index in [9.17, 15) is 4.79 Å². The molecular weight excluding hydrogens is 476 g/mol. The standard InChI is InChI=1S/C18H16N2O2.C13H12N2O/c19-13-4-1-6-15(10-13)21-17-8-3-9-18(12-17)22-16-7-2-5-14(20)11-16;14-11-5-1-3-9(7-11)13(16)10-4-2-6-12(15)8-10/h1-12H,19-20H2;1-8H,14-15H2. The number of ether oxygens (including phenoxy) is 2. The molecule has 0 aliphatic rings. The number of carbonyl (C=O) groups is 1. The first-order valence-corrected chi connectivity index (χ1v) is 11.8. The molecule has 7 nitrogen and oxygen atoms in total. The highest BCUT2D eigenvalue weighted by molar-refractivity contribution is 6.09. The summed E-state index contributed by atoms with van der Waals surface area (Å²) in [5, 5.41) is 0. The highest BCUT2D eigenvalue weighted by Gasteiger charge is 2.09. The van der Waals surface area contributed by atoms with E-state index in [4.69, 9.17) is 32.4 Å². The molecule has 5 aromatic rings. The van der Waals surface area contributed by atoms with Crippen LogP contribution in [0, 0.1) is 0 Å². The molecule has 5 rings (SSSR count). The average Bonchev–Trinajstić information content (AvgIpc) is 2.89. The van der Waals surface area contributed by atoms with Crippen LogP contribution in [0.3, 0.4) is 0 Å². The largest absolute Gasteiger partial charge is 0.457 e. The lowest BCUT2D eigenvalue weighted by Gasteiger charge is -2.09. The molecule has 0 unspecified atom stereocenters. The lowest BCUT2D eigenvalue weighted by atomic mass is 10.0. The monoisotopic (exact) mass is 504 g/mol. The van der Waals surface area contributed by atoms with Crippen molar-refractivity contribution >= 4 is 28.5 Å². The smallest absolute Gasteiger partial charge is 0.193 e. The van der Waals surface area contributed by atoms with Crippen LogP contribution in [0.2, 0.25) is 0 Å². The van der Waals surface area contributed by atoms with Gasteiger partial charge in [-0.15, -0.1) is 0 Å². The summed E-state index contributed by atoms with van der Waals surface area (Å²) in [6.07, 6.45) is 0. The second-order valence-electron chi connectivity index (χ2n) is 8.40. The Kier molecular flexibility index (Phi) is 8.11. The first kappa shape index (κ1) is 25.7. The molecule has 0 spiro atoms. The fraction of sp³-hybridized carbons (Fsp3) is 0. The minimum absolute atomic E-state index is 0.0698. The van der Waals surface area contributed by atoms with Crippen LogP contribution in [0.1, 0.15) is 15.9 Å². The van der Waals surface area contributed by atoms with Crippen LogP contribution in [0.25, 0.3) is 0 Å². The minimum Gasteiger partial charge on any atom is -0.457 e. The Morgan fingerprint density at radius 2 is 0.737 bits per heavy atom. The van der Waals surface area contributed by atoms with Crippen molar-refractivity contribution in [1.82, 2.24) is 0 Å². The Labute approximate surface area is 221 Å². The molecule has 0 aromatic heterocycles. The van der Waals surface area contributed by atoms with Crippen molar-refractivity contribution in [1.29, 1.82) is 0 Å². The zero-order valence-electron chi connectivity index (χ0n) is 20.6. The molecule has 190 valence electrons. The maximum Gasteiger partial charge on any atom is 0.193 e. The number of rotatable bonds is 6. The van der Waals surface area contributed by atoms with Gasteiger partial charge in [0.05, 0.1) is 0 Å². The number of hydrogen-bond acceptors (Lipinski definition) is 7. The highest BCUT2D eigenvalue weighted by Crippen LogP contribution is 2.29. The van der Waals surface area contributed by atoms with Gasteiger partial charge >= 0.3 is 0 Å². The number of anilines is 4. The van der Waals surface area contributed by atoms with Crippen molar-refractivity contribution in [2.75, 3.05) is 22.9 Å². The topological polar surface area (TPSA) is 140 Å². The summed E-state index contributed by atoms with van der Waals surface area (Å²) in [6, 6.07) is 35.7. The molecule has 5 aromatic carbocycles. The fourth-order valence-electron chi connectivity index (χ4n) is 3.56. The Morgan fingerprint density at radius 1 is 0.421 bits per heavy atom. The van der Waals surface area contributed by atoms with Gasteiger partial charge in [0.2, 0.25) is 0 Å². The maximum atomic E-state index is 12.0. The second kappa shape index (κ2) is 12.0. The number of nitrogen functional groups attached to an aromatic ring is 4. The predicted octanol–water partition coefficient (Wildman–Crippen LogP) is 6.52.